The second-order valence-electron chi connectivity index (χ2n) is 35.0. The van der Waals surface area contributed by atoms with Crippen LogP contribution in [-0.4, -0.2) is 58.1 Å². The molecule has 11 nitrogen and oxygen atoms in total. The van der Waals surface area contributed by atoms with Gasteiger partial charge in [0.05, 0.1) is 13.2 Å². The van der Waals surface area contributed by atoms with Gasteiger partial charge in [0.15, 0.2) is 34.8 Å². The standard InChI is InChI=1S/C105H157N9O2/c1-9-17-25-31-37-43-49-55-62-80-70-71-81(63-56-50-44-38-32-26-18-10-2)90-89(80)99-107-98-87-69-61-68-86(96-97(116-79-24-16-8)88(76-77-106-96)115-78-23-15-7)95(87)105(108-98)114-104-94-85(67-60-54-48-42-36-30-22-14-6)75-74-84(66-59-53-47-41-35-29-21-13-5)93(94)103(113-104)112-102-92-83(65-58-52-46-40-34-28-20-12-4)73-72-82(64-57-51-45-39-33-27-19-11-3)91(92)101(111-102)110-100(90)109-99/h61,68-77H,9-60,62-67,78-79H2,1-8H3,(H2,107,108,109,110,111,112,113,114). The van der Waals surface area contributed by atoms with E-state index in [1.165, 1.54) is 314 Å². The number of rotatable bonds is 63. The lowest BCUT2D eigenvalue weighted by atomic mass is 9.91. The van der Waals surface area contributed by atoms with Gasteiger partial charge in [-0.15, -0.1) is 0 Å². The van der Waals surface area contributed by atoms with Gasteiger partial charge in [-0.2, -0.15) is 0 Å². The molecule has 0 spiro atoms. The van der Waals surface area contributed by atoms with Gasteiger partial charge in [0.25, 0.3) is 0 Å². The van der Waals surface area contributed by atoms with Crippen LogP contribution in [0.25, 0.3) is 101 Å². The van der Waals surface area contributed by atoms with Crippen LogP contribution in [0.4, 0.5) is 0 Å². The molecule has 6 heterocycles. The van der Waals surface area contributed by atoms with Gasteiger partial charge < -0.3 is 19.4 Å². The van der Waals surface area contributed by atoms with Crippen LogP contribution in [0.5, 0.6) is 11.5 Å². The molecule has 0 atom stereocenters. The maximum absolute atomic E-state index is 6.94. The summed E-state index contributed by atoms with van der Waals surface area (Å²) in [6.45, 7) is 19.5. The van der Waals surface area contributed by atoms with Crippen LogP contribution in [0.2, 0.25) is 0 Å². The zero-order valence-corrected chi connectivity index (χ0v) is 74.7. The lowest BCUT2D eigenvalue weighted by molar-refractivity contribution is 0.262. The Hall–Kier alpha value is -7.01. The van der Waals surface area contributed by atoms with Crippen molar-refractivity contribution in [2.75, 3.05) is 13.2 Å². The van der Waals surface area contributed by atoms with E-state index < -0.39 is 0 Å². The zero-order valence-electron chi connectivity index (χ0n) is 74.7. The molecule has 634 valence electrons. The molecule has 4 aromatic carbocycles. The van der Waals surface area contributed by atoms with Gasteiger partial charge in [0.1, 0.15) is 28.3 Å². The summed E-state index contributed by atoms with van der Waals surface area (Å²) < 4.78 is 13.6. The smallest absolute Gasteiger partial charge is 0.187 e. The van der Waals surface area contributed by atoms with E-state index in [1.54, 1.807) is 0 Å². The summed E-state index contributed by atoms with van der Waals surface area (Å²) in [4.78, 5) is 49.9. The second kappa shape index (κ2) is 52.8. The summed E-state index contributed by atoms with van der Waals surface area (Å²) in [7, 11) is 0. The Morgan fingerprint density at radius 2 is 0.526 bits per heavy atom. The average molecular weight is 1580 g/mol. The Morgan fingerprint density at radius 3 is 0.862 bits per heavy atom. The average Bonchev–Trinajstić information content (AvgIpc) is 1.58. The minimum atomic E-state index is 0.545. The van der Waals surface area contributed by atoms with Crippen molar-refractivity contribution in [3.05, 3.63) is 100 Å². The number of fused-ring (bicyclic) bond motifs is 20. The minimum absolute atomic E-state index is 0.545. The molecule has 0 unspecified atom stereocenters. The third kappa shape index (κ3) is 27.3. The van der Waals surface area contributed by atoms with Crippen LogP contribution in [0.3, 0.4) is 0 Å². The lowest BCUT2D eigenvalue weighted by Crippen LogP contribution is -2.04. The minimum Gasteiger partial charge on any atom is -0.490 e. The van der Waals surface area contributed by atoms with E-state index >= 15 is 0 Å². The van der Waals surface area contributed by atoms with E-state index in [0.29, 0.717) is 47.7 Å². The highest BCUT2D eigenvalue weighted by molar-refractivity contribution is 6.13. The molecule has 116 heavy (non-hydrogen) atoms. The van der Waals surface area contributed by atoms with Crippen LogP contribution in [0.15, 0.2) is 66.9 Å². The predicted molar refractivity (Wildman–Crippen MR) is 498 cm³/mol. The maximum atomic E-state index is 6.94. The lowest BCUT2D eigenvalue weighted by Gasteiger charge is -2.16. The summed E-state index contributed by atoms with van der Waals surface area (Å²) in [6, 6.07) is 23.4. The molecule has 0 fully saturated rings. The van der Waals surface area contributed by atoms with Gasteiger partial charge >= 0.3 is 0 Å². The molecule has 2 aliphatic rings. The van der Waals surface area contributed by atoms with E-state index in [4.69, 9.17) is 44.4 Å². The second-order valence-corrected chi connectivity index (χ2v) is 35.0. The van der Waals surface area contributed by atoms with Gasteiger partial charge in [0.2, 0.25) is 0 Å². The normalized spacial score (nSPS) is 12.0. The molecule has 2 N–H and O–H groups in total. The third-order valence-electron chi connectivity index (χ3n) is 25.2. The van der Waals surface area contributed by atoms with Gasteiger partial charge in [-0.25, -0.2) is 29.9 Å². The number of aryl methyl sites for hydroxylation is 6. The Morgan fingerprint density at radius 1 is 0.250 bits per heavy atom. The largest absolute Gasteiger partial charge is 0.490 e. The van der Waals surface area contributed by atoms with Crippen LogP contribution in [-0.2, 0) is 38.5 Å². The number of nitrogens with zero attached hydrogens (tertiary/aromatic N) is 7. The number of benzene rings is 4. The maximum Gasteiger partial charge on any atom is 0.187 e. The molecule has 11 heteroatoms. The van der Waals surface area contributed by atoms with E-state index in [1.807, 2.05) is 12.3 Å². The number of unbranched alkanes of at least 4 members (excludes halogenated alkanes) is 44. The summed E-state index contributed by atoms with van der Waals surface area (Å²) in [5, 5.41) is 4.25. The number of aromatic nitrogens is 9. The van der Waals surface area contributed by atoms with Crippen molar-refractivity contribution >= 4 is 44.1 Å². The van der Waals surface area contributed by atoms with E-state index in [0.717, 1.165) is 170 Å². The highest BCUT2D eigenvalue weighted by Crippen LogP contribution is 2.47. The van der Waals surface area contributed by atoms with Crippen molar-refractivity contribution in [2.45, 2.75) is 428 Å². The number of nitrogens with one attached hydrogen (secondary N) is 2. The first-order valence-electron chi connectivity index (χ1n) is 49.0. The quantitative estimate of drug-likeness (QED) is 0.0357. The van der Waals surface area contributed by atoms with Gasteiger partial charge in [-0.1, -0.05) is 393 Å². The van der Waals surface area contributed by atoms with Crippen LogP contribution < -0.4 is 9.47 Å². The summed E-state index contributed by atoms with van der Waals surface area (Å²) >= 11 is 0. The van der Waals surface area contributed by atoms with Crippen LogP contribution in [0, 0.1) is 0 Å². The number of ether oxygens (including phenoxy) is 2. The van der Waals surface area contributed by atoms with Crippen molar-refractivity contribution in [3.8, 4) is 68.3 Å². The molecule has 0 amide bonds. The Labute approximate surface area is 703 Å². The zero-order chi connectivity index (χ0) is 81.0. The molecular weight excluding hydrogens is 1420 g/mol. The van der Waals surface area contributed by atoms with Gasteiger partial charge in [0, 0.05) is 61.6 Å². The number of hydrogen-bond acceptors (Lipinski definition) is 9. The fraction of sp³-hybridized carbons (Fsp3) is 0.648. The van der Waals surface area contributed by atoms with Crippen LogP contribution >= 0.6 is 0 Å². The summed E-state index contributed by atoms with van der Waals surface area (Å²) in [5.41, 5.74) is 17.2. The number of hydrogen-bond donors (Lipinski definition) is 2. The molecule has 0 saturated heterocycles. The molecule has 8 bridgehead atoms. The molecule has 4 aromatic heterocycles. The first kappa shape index (κ1) is 91.3. The van der Waals surface area contributed by atoms with Crippen molar-refractivity contribution in [3.63, 3.8) is 0 Å². The van der Waals surface area contributed by atoms with Crippen molar-refractivity contribution in [2.24, 2.45) is 0 Å². The van der Waals surface area contributed by atoms with E-state index in [9.17, 15) is 0 Å². The topological polar surface area (TPSA) is 140 Å². The molecule has 0 aliphatic carbocycles. The van der Waals surface area contributed by atoms with Crippen molar-refractivity contribution < 1.29 is 9.47 Å². The summed E-state index contributed by atoms with van der Waals surface area (Å²) in [6.07, 6.45) is 72.2. The van der Waals surface area contributed by atoms with Crippen molar-refractivity contribution in [1.29, 1.82) is 0 Å². The van der Waals surface area contributed by atoms with Crippen LogP contribution in [0.1, 0.15) is 423 Å². The Bertz CT molecular complexity index is 4330. The van der Waals surface area contributed by atoms with Gasteiger partial charge in [-0.3, -0.25) is 4.98 Å². The fourth-order valence-corrected chi connectivity index (χ4v) is 18.3. The molecular formula is C105H157N9O2. The highest BCUT2D eigenvalue weighted by atomic mass is 16.5. The fourth-order valence-electron chi connectivity index (χ4n) is 18.3. The Kier molecular flexibility index (Phi) is 41.6. The number of pyridine rings is 1. The van der Waals surface area contributed by atoms with Gasteiger partial charge in [-0.05, 0) is 123 Å². The Balaban J connectivity index is 1.29. The number of aromatic amines is 2. The molecule has 2 aliphatic heterocycles. The first-order valence-corrected chi connectivity index (χ1v) is 49.0. The SMILES string of the molecule is CCCCCCCCCCc1ccc(CCCCCCCCCC)c2c1-c1nc-2nc2[nH]c(nc3nc(nc4[nH]c(n1)c1cccc(-c5nccc(OCCCC)c5OCCCC)c41)-c1c(CCCCCCCCCC)ccc(CCCCCCCCCC)c1-3)c1c(CCCCCCCCCC)ccc(CCCCCCCCCC)c21. The first-order chi connectivity index (χ1) is 57.4. The third-order valence-corrected chi connectivity index (χ3v) is 25.2. The number of H-pyrrole nitrogens is 2. The molecule has 0 saturated carbocycles. The van der Waals surface area contributed by atoms with E-state index in [-0.39, 0.29) is 0 Å². The van der Waals surface area contributed by atoms with E-state index in [2.05, 4.69) is 120 Å². The highest BCUT2D eigenvalue weighted by Gasteiger charge is 2.31. The molecule has 0 radical (unpaired) electrons. The monoisotopic (exact) mass is 1580 g/mol. The molecule has 8 aromatic rings. The molecule has 10 rings (SSSR count). The van der Waals surface area contributed by atoms with Crippen molar-refractivity contribution in [1.82, 2.24) is 44.9 Å². The predicted octanol–water partition coefficient (Wildman–Crippen LogP) is 32.4. The summed E-state index contributed by atoms with van der Waals surface area (Å²) in [5.74, 6) is 4.26.